The summed E-state index contributed by atoms with van der Waals surface area (Å²) in [5.74, 6) is 1.04. The maximum atomic E-state index is 5.69. The average molecular weight is 262 g/mol. The van der Waals surface area contributed by atoms with Gasteiger partial charge in [-0.1, -0.05) is 6.07 Å². The van der Waals surface area contributed by atoms with Crippen LogP contribution >= 0.6 is 0 Å². The summed E-state index contributed by atoms with van der Waals surface area (Å²) in [5, 5.41) is 0. The van der Waals surface area contributed by atoms with Crippen LogP contribution in [-0.4, -0.2) is 43.1 Å². The second-order valence-electron chi connectivity index (χ2n) is 5.95. The van der Waals surface area contributed by atoms with Crippen molar-refractivity contribution in [3.05, 3.63) is 23.4 Å². The van der Waals surface area contributed by atoms with Crippen LogP contribution in [0.3, 0.4) is 0 Å². The van der Waals surface area contributed by atoms with Crippen LogP contribution in [0.4, 0.5) is 5.82 Å². The Bertz CT molecular complexity index is 438. The fourth-order valence-corrected chi connectivity index (χ4v) is 2.86. The Morgan fingerprint density at radius 2 is 1.95 bits per heavy atom. The molecule has 19 heavy (non-hydrogen) atoms. The van der Waals surface area contributed by atoms with E-state index < -0.39 is 0 Å². The van der Waals surface area contributed by atoms with Gasteiger partial charge in [-0.3, -0.25) is 0 Å². The fourth-order valence-electron chi connectivity index (χ4n) is 2.86. The van der Waals surface area contributed by atoms with Crippen molar-refractivity contribution in [2.75, 3.05) is 32.6 Å². The van der Waals surface area contributed by atoms with Gasteiger partial charge in [0.2, 0.25) is 0 Å². The number of nitrogens with zero attached hydrogens (tertiary/aromatic N) is 3. The van der Waals surface area contributed by atoms with Crippen LogP contribution < -0.4 is 10.6 Å². The minimum absolute atomic E-state index is 0.330. The first kappa shape index (κ1) is 14.3. The van der Waals surface area contributed by atoms with Gasteiger partial charge in [0, 0.05) is 31.4 Å². The van der Waals surface area contributed by atoms with Crippen molar-refractivity contribution in [2.45, 2.75) is 38.3 Å². The average Bonchev–Trinajstić information content (AvgIpc) is 2.32. The van der Waals surface area contributed by atoms with Crippen LogP contribution in [0.1, 0.15) is 30.5 Å². The first-order chi connectivity index (χ1) is 8.98. The number of likely N-dealkylation sites (N-methyl/N-ethyl adjacent to an activating group) is 2. The molecule has 0 amide bonds. The van der Waals surface area contributed by atoms with Gasteiger partial charge < -0.3 is 15.5 Å². The van der Waals surface area contributed by atoms with Crippen molar-refractivity contribution >= 4 is 5.82 Å². The molecule has 0 radical (unpaired) electrons. The summed E-state index contributed by atoms with van der Waals surface area (Å²) in [7, 11) is 6.50. The summed E-state index contributed by atoms with van der Waals surface area (Å²) in [6.45, 7) is 3.63. The van der Waals surface area contributed by atoms with Crippen LogP contribution in [0, 0.1) is 6.92 Å². The van der Waals surface area contributed by atoms with E-state index in [1.54, 1.807) is 0 Å². The van der Waals surface area contributed by atoms with E-state index in [1.807, 2.05) is 6.92 Å². The zero-order valence-corrected chi connectivity index (χ0v) is 12.6. The quantitative estimate of drug-likeness (QED) is 0.878. The topological polar surface area (TPSA) is 45.4 Å². The molecule has 1 aliphatic carbocycles. The highest BCUT2D eigenvalue weighted by Gasteiger charge is 2.40. The van der Waals surface area contributed by atoms with Crippen LogP contribution in [0.15, 0.2) is 12.1 Å². The molecule has 2 N–H and O–H groups in total. The molecule has 0 bridgehead atoms. The Morgan fingerprint density at radius 3 is 2.37 bits per heavy atom. The first-order valence-corrected chi connectivity index (χ1v) is 7.04. The lowest BCUT2D eigenvalue weighted by atomic mass is 9.75. The van der Waals surface area contributed by atoms with Crippen molar-refractivity contribution < 1.29 is 0 Å². The molecule has 0 saturated heterocycles. The highest BCUT2D eigenvalue weighted by atomic mass is 15.2. The molecule has 4 heteroatoms. The summed E-state index contributed by atoms with van der Waals surface area (Å²) in [4.78, 5) is 9.31. The predicted molar refractivity (Wildman–Crippen MR) is 80.4 cm³/mol. The van der Waals surface area contributed by atoms with E-state index in [9.17, 15) is 0 Å². The number of rotatable bonds is 5. The molecular weight excluding hydrogens is 236 g/mol. The molecule has 0 spiro atoms. The number of aryl methyl sites for hydroxylation is 1. The highest BCUT2D eigenvalue weighted by molar-refractivity contribution is 5.41. The zero-order valence-electron chi connectivity index (χ0n) is 12.6. The summed E-state index contributed by atoms with van der Waals surface area (Å²) in [6, 6.07) is 4.18. The molecule has 1 aromatic rings. The predicted octanol–water partition coefficient (Wildman–Crippen LogP) is 1.77. The Kier molecular flexibility index (Phi) is 4.11. The Hall–Kier alpha value is -1.13. The number of hydrogen-bond donors (Lipinski definition) is 1. The summed E-state index contributed by atoms with van der Waals surface area (Å²) < 4.78 is 0. The van der Waals surface area contributed by atoms with Gasteiger partial charge in [-0.25, -0.2) is 4.98 Å². The van der Waals surface area contributed by atoms with E-state index in [1.165, 1.54) is 19.3 Å². The number of nitrogens with two attached hydrogens (primary N) is 1. The van der Waals surface area contributed by atoms with Crippen LogP contribution in [-0.2, 0) is 6.54 Å². The zero-order chi connectivity index (χ0) is 14.0. The van der Waals surface area contributed by atoms with Gasteiger partial charge in [0.15, 0.2) is 0 Å². The molecule has 0 aliphatic heterocycles. The minimum atomic E-state index is 0.330. The third-order valence-corrected chi connectivity index (χ3v) is 4.56. The molecule has 106 valence electrons. The molecule has 0 atom stereocenters. The van der Waals surface area contributed by atoms with Gasteiger partial charge in [-0.05, 0) is 51.9 Å². The molecule has 1 aromatic heterocycles. The lowest BCUT2D eigenvalue weighted by Gasteiger charge is -2.49. The maximum absolute atomic E-state index is 5.69. The molecule has 1 saturated carbocycles. The van der Waals surface area contributed by atoms with E-state index in [-0.39, 0.29) is 0 Å². The van der Waals surface area contributed by atoms with E-state index in [0.29, 0.717) is 12.1 Å². The monoisotopic (exact) mass is 262 g/mol. The lowest BCUT2D eigenvalue weighted by Crippen LogP contribution is -2.56. The Balaban J connectivity index is 2.11. The van der Waals surface area contributed by atoms with Crippen LogP contribution in [0.2, 0.25) is 0 Å². The van der Waals surface area contributed by atoms with Crippen molar-refractivity contribution in [1.82, 2.24) is 9.88 Å². The molecule has 1 aliphatic rings. The first-order valence-electron chi connectivity index (χ1n) is 7.04. The van der Waals surface area contributed by atoms with Crippen molar-refractivity contribution in [3.63, 3.8) is 0 Å². The molecule has 0 unspecified atom stereocenters. The van der Waals surface area contributed by atoms with E-state index in [4.69, 9.17) is 5.73 Å². The van der Waals surface area contributed by atoms with Gasteiger partial charge in [-0.2, -0.15) is 0 Å². The second kappa shape index (κ2) is 5.47. The third kappa shape index (κ3) is 2.74. The van der Waals surface area contributed by atoms with Crippen LogP contribution in [0.5, 0.6) is 0 Å². The van der Waals surface area contributed by atoms with Gasteiger partial charge in [0.25, 0.3) is 0 Å². The second-order valence-corrected chi connectivity index (χ2v) is 5.95. The van der Waals surface area contributed by atoms with Gasteiger partial charge in [0.1, 0.15) is 5.82 Å². The van der Waals surface area contributed by atoms with Crippen LogP contribution in [0.25, 0.3) is 0 Å². The number of hydrogen-bond acceptors (Lipinski definition) is 4. The van der Waals surface area contributed by atoms with Crippen molar-refractivity contribution in [3.8, 4) is 0 Å². The minimum Gasteiger partial charge on any atom is -0.358 e. The lowest BCUT2D eigenvalue weighted by molar-refractivity contribution is 0.0682. The van der Waals surface area contributed by atoms with Gasteiger partial charge in [0.05, 0.1) is 0 Å². The normalized spacial score (nSPS) is 17.4. The summed E-state index contributed by atoms with van der Waals surface area (Å²) in [5.41, 5.74) is 8.19. The van der Waals surface area contributed by atoms with Crippen molar-refractivity contribution in [1.29, 1.82) is 0 Å². The third-order valence-electron chi connectivity index (χ3n) is 4.56. The SMILES string of the molecule is Cc1nc(N(C)CC2(N(C)C)CCC2)ccc1CN. The Morgan fingerprint density at radius 1 is 1.26 bits per heavy atom. The molecule has 1 heterocycles. The molecule has 2 rings (SSSR count). The molecule has 4 nitrogen and oxygen atoms in total. The van der Waals surface area contributed by atoms with Crippen molar-refractivity contribution in [2.24, 2.45) is 5.73 Å². The van der Waals surface area contributed by atoms with Gasteiger partial charge in [-0.15, -0.1) is 0 Å². The maximum Gasteiger partial charge on any atom is 0.128 e. The largest absolute Gasteiger partial charge is 0.358 e. The molecular formula is C15H26N4. The summed E-state index contributed by atoms with van der Waals surface area (Å²) in [6.07, 6.45) is 3.90. The molecule has 1 fully saturated rings. The number of pyridine rings is 1. The standard InChI is InChI=1S/C15H26N4/c1-12-13(10-16)6-7-14(17-12)19(4)11-15(18(2)3)8-5-9-15/h6-7H,5,8-11,16H2,1-4H3. The smallest absolute Gasteiger partial charge is 0.128 e. The van der Waals surface area contributed by atoms with E-state index >= 15 is 0 Å². The number of aromatic nitrogens is 1. The van der Waals surface area contributed by atoms with E-state index in [0.717, 1.165) is 23.6 Å². The van der Waals surface area contributed by atoms with Gasteiger partial charge >= 0.3 is 0 Å². The Labute approximate surface area is 116 Å². The number of anilines is 1. The fraction of sp³-hybridized carbons (Fsp3) is 0.667. The van der Waals surface area contributed by atoms with E-state index in [2.05, 4.69) is 48.1 Å². The highest BCUT2D eigenvalue weighted by Crippen LogP contribution is 2.37. The summed E-state index contributed by atoms with van der Waals surface area (Å²) >= 11 is 0. The molecule has 0 aromatic carbocycles.